The summed E-state index contributed by atoms with van der Waals surface area (Å²) in [4.78, 5) is 10.9. The van der Waals surface area contributed by atoms with E-state index in [2.05, 4.69) is 5.32 Å². The van der Waals surface area contributed by atoms with E-state index in [4.69, 9.17) is 10.4 Å². The average molecular weight is 278 g/mol. The Kier molecular flexibility index (Phi) is 5.09. The van der Waals surface area contributed by atoms with Crippen molar-refractivity contribution in [2.75, 3.05) is 5.32 Å². The second-order valence-corrected chi connectivity index (χ2v) is 6.01. The van der Waals surface area contributed by atoms with Gasteiger partial charge >= 0.3 is 5.97 Å². The van der Waals surface area contributed by atoms with Crippen LogP contribution in [-0.4, -0.2) is 17.1 Å². The van der Waals surface area contributed by atoms with E-state index in [-0.39, 0.29) is 29.1 Å². The monoisotopic (exact) mass is 278 g/mol. The first-order valence-electron chi connectivity index (χ1n) is 6.39. The first kappa shape index (κ1) is 16.0. The molecule has 0 heterocycles. The highest BCUT2D eigenvalue weighted by Crippen LogP contribution is 2.25. The van der Waals surface area contributed by atoms with Gasteiger partial charge in [-0.3, -0.25) is 4.79 Å². The fraction of sp³-hybridized carbons (Fsp3) is 0.467. The van der Waals surface area contributed by atoms with E-state index in [1.165, 1.54) is 12.1 Å². The molecule has 1 rings (SSSR count). The molecule has 20 heavy (non-hydrogen) atoms. The molecular weight excluding hydrogens is 259 g/mol. The van der Waals surface area contributed by atoms with E-state index in [9.17, 15) is 9.18 Å². The van der Waals surface area contributed by atoms with Gasteiger partial charge in [0.05, 0.1) is 23.7 Å². The van der Waals surface area contributed by atoms with Crippen LogP contribution in [0.5, 0.6) is 0 Å². The van der Waals surface area contributed by atoms with Crippen molar-refractivity contribution in [3.8, 4) is 6.07 Å². The molecule has 0 spiro atoms. The van der Waals surface area contributed by atoms with Crippen molar-refractivity contribution in [1.82, 2.24) is 0 Å². The number of benzene rings is 1. The van der Waals surface area contributed by atoms with Crippen LogP contribution in [0.25, 0.3) is 0 Å². The molecule has 0 aliphatic rings. The van der Waals surface area contributed by atoms with Gasteiger partial charge in [-0.1, -0.05) is 20.8 Å². The number of nitrogens with zero attached hydrogens (tertiary/aromatic N) is 1. The number of hydrogen-bond acceptors (Lipinski definition) is 3. The predicted octanol–water partition coefficient (Wildman–Crippen LogP) is 3.39. The number of hydrogen-bond donors (Lipinski definition) is 2. The molecule has 0 bridgehead atoms. The Morgan fingerprint density at radius 3 is 2.60 bits per heavy atom. The molecule has 0 aromatic heterocycles. The summed E-state index contributed by atoms with van der Waals surface area (Å²) < 4.78 is 13.8. The van der Waals surface area contributed by atoms with Gasteiger partial charge in [-0.2, -0.15) is 5.26 Å². The summed E-state index contributed by atoms with van der Waals surface area (Å²) in [6.07, 6.45) is 0.509. The Labute approximate surface area is 118 Å². The Balaban J connectivity index is 2.89. The van der Waals surface area contributed by atoms with E-state index in [0.29, 0.717) is 6.42 Å². The van der Waals surface area contributed by atoms with E-state index in [1.54, 1.807) is 0 Å². The number of nitrogens with one attached hydrogen (secondary N) is 1. The summed E-state index contributed by atoms with van der Waals surface area (Å²) in [6, 6.07) is 5.59. The predicted molar refractivity (Wildman–Crippen MR) is 74.9 cm³/mol. The molecule has 0 saturated carbocycles. The number of halogens is 1. The lowest BCUT2D eigenvalue weighted by Gasteiger charge is -2.26. The smallest absolute Gasteiger partial charge is 0.305 e. The topological polar surface area (TPSA) is 73.1 Å². The lowest BCUT2D eigenvalue weighted by Crippen LogP contribution is -2.28. The lowest BCUT2D eigenvalue weighted by atomic mass is 9.87. The summed E-state index contributed by atoms with van der Waals surface area (Å²) in [5, 5.41) is 20.5. The summed E-state index contributed by atoms with van der Waals surface area (Å²) >= 11 is 0. The third-order valence-corrected chi connectivity index (χ3v) is 2.74. The molecule has 1 unspecified atom stereocenters. The van der Waals surface area contributed by atoms with Crippen LogP contribution in [0.15, 0.2) is 18.2 Å². The minimum absolute atomic E-state index is 0.0732. The molecule has 0 radical (unpaired) electrons. The van der Waals surface area contributed by atoms with Crippen molar-refractivity contribution < 1.29 is 14.3 Å². The maximum Gasteiger partial charge on any atom is 0.305 e. The van der Waals surface area contributed by atoms with Crippen LogP contribution in [0.4, 0.5) is 10.1 Å². The zero-order valence-electron chi connectivity index (χ0n) is 11.9. The standard InChI is InChI=1S/C15H19FN2O2/c1-15(2,3)8-11(7-14(19)20)18-13-5-4-10(9-17)6-12(13)16/h4-6,11,18H,7-8H2,1-3H3,(H,19,20). The third kappa shape index (κ3) is 5.27. The summed E-state index contributed by atoms with van der Waals surface area (Å²) in [7, 11) is 0. The molecule has 1 aromatic rings. The average Bonchev–Trinajstić information content (AvgIpc) is 2.28. The minimum atomic E-state index is -0.930. The SMILES string of the molecule is CC(C)(C)CC(CC(=O)O)Nc1ccc(C#N)cc1F. The molecule has 1 atom stereocenters. The molecule has 2 N–H and O–H groups in total. The second kappa shape index (κ2) is 6.38. The van der Waals surface area contributed by atoms with Crippen molar-refractivity contribution in [3.05, 3.63) is 29.6 Å². The molecular formula is C15H19FN2O2. The number of carbonyl (C=O) groups is 1. The van der Waals surface area contributed by atoms with Crippen LogP contribution in [-0.2, 0) is 4.79 Å². The van der Waals surface area contributed by atoms with Crippen molar-refractivity contribution >= 4 is 11.7 Å². The number of nitriles is 1. The maximum atomic E-state index is 13.8. The highest BCUT2D eigenvalue weighted by atomic mass is 19.1. The number of carboxylic acids is 1. The quantitative estimate of drug-likeness (QED) is 0.865. The molecule has 108 valence electrons. The van der Waals surface area contributed by atoms with Gasteiger partial charge in [0.25, 0.3) is 0 Å². The third-order valence-electron chi connectivity index (χ3n) is 2.74. The zero-order chi connectivity index (χ0) is 15.3. The summed E-state index contributed by atoms with van der Waals surface area (Å²) in [5.41, 5.74) is 0.383. The van der Waals surface area contributed by atoms with Crippen LogP contribution in [0, 0.1) is 22.6 Å². The summed E-state index contributed by atoms with van der Waals surface area (Å²) in [6.45, 7) is 6.00. The van der Waals surface area contributed by atoms with Gasteiger partial charge in [-0.05, 0) is 30.0 Å². The number of aliphatic carboxylic acids is 1. The zero-order valence-corrected chi connectivity index (χ0v) is 11.9. The highest BCUT2D eigenvalue weighted by molar-refractivity contribution is 5.68. The van der Waals surface area contributed by atoms with Crippen molar-refractivity contribution in [2.45, 2.75) is 39.7 Å². The molecule has 0 saturated heterocycles. The van der Waals surface area contributed by atoms with Crippen molar-refractivity contribution in [1.29, 1.82) is 5.26 Å². The van der Waals surface area contributed by atoms with Crippen LogP contribution in [0.2, 0.25) is 0 Å². The molecule has 0 aliphatic carbocycles. The number of carboxylic acid groups (broad SMARTS) is 1. The minimum Gasteiger partial charge on any atom is -0.481 e. The Morgan fingerprint density at radius 1 is 1.50 bits per heavy atom. The Hall–Kier alpha value is -2.09. The molecule has 0 amide bonds. The molecule has 0 fully saturated rings. The van der Waals surface area contributed by atoms with Crippen molar-refractivity contribution in [2.24, 2.45) is 5.41 Å². The molecule has 5 heteroatoms. The second-order valence-electron chi connectivity index (χ2n) is 6.01. The van der Waals surface area contributed by atoms with E-state index < -0.39 is 11.8 Å². The highest BCUT2D eigenvalue weighted by Gasteiger charge is 2.22. The van der Waals surface area contributed by atoms with Crippen LogP contribution in [0.3, 0.4) is 0 Å². The van der Waals surface area contributed by atoms with Gasteiger partial charge in [-0.25, -0.2) is 4.39 Å². The van der Waals surface area contributed by atoms with Crippen LogP contribution in [0.1, 0.15) is 39.2 Å². The molecule has 0 aliphatic heterocycles. The Bertz CT molecular complexity index is 530. The van der Waals surface area contributed by atoms with Gasteiger partial charge in [0.1, 0.15) is 5.82 Å². The fourth-order valence-corrected chi connectivity index (χ4v) is 2.05. The van der Waals surface area contributed by atoms with Crippen LogP contribution < -0.4 is 5.32 Å². The van der Waals surface area contributed by atoms with Gasteiger partial charge < -0.3 is 10.4 Å². The molecule has 4 nitrogen and oxygen atoms in total. The normalized spacial score (nSPS) is 12.6. The Morgan fingerprint density at radius 2 is 2.15 bits per heavy atom. The number of rotatable bonds is 5. The van der Waals surface area contributed by atoms with Gasteiger partial charge in [0, 0.05) is 6.04 Å². The van der Waals surface area contributed by atoms with Gasteiger partial charge in [0.2, 0.25) is 0 Å². The first-order chi connectivity index (χ1) is 9.21. The number of anilines is 1. The van der Waals surface area contributed by atoms with Crippen LogP contribution >= 0.6 is 0 Å². The van der Waals surface area contributed by atoms with Gasteiger partial charge in [-0.15, -0.1) is 0 Å². The fourth-order valence-electron chi connectivity index (χ4n) is 2.05. The first-order valence-corrected chi connectivity index (χ1v) is 6.39. The van der Waals surface area contributed by atoms with Crippen molar-refractivity contribution in [3.63, 3.8) is 0 Å². The summed E-state index contributed by atoms with van der Waals surface area (Å²) in [5.74, 6) is -1.48. The molecule has 1 aromatic carbocycles. The van der Waals surface area contributed by atoms with E-state index >= 15 is 0 Å². The van der Waals surface area contributed by atoms with E-state index in [0.717, 1.165) is 6.07 Å². The van der Waals surface area contributed by atoms with Gasteiger partial charge in [0.15, 0.2) is 0 Å². The lowest BCUT2D eigenvalue weighted by molar-refractivity contribution is -0.137. The largest absolute Gasteiger partial charge is 0.481 e. The van der Waals surface area contributed by atoms with E-state index in [1.807, 2.05) is 26.8 Å². The maximum absolute atomic E-state index is 13.8.